The number of fused-ring (bicyclic) bond motifs is 1. The zero-order chi connectivity index (χ0) is 28.7. The van der Waals surface area contributed by atoms with Crippen LogP contribution >= 0.6 is 0 Å². The lowest BCUT2D eigenvalue weighted by atomic mass is 10.1. The molecule has 0 fully saturated rings. The Kier molecular flexibility index (Phi) is 8.48. The van der Waals surface area contributed by atoms with Crippen molar-refractivity contribution in [2.45, 2.75) is 46.1 Å². The number of amides is 1. The van der Waals surface area contributed by atoms with Gasteiger partial charge in [-0.3, -0.25) is 4.68 Å². The zero-order valence-electron chi connectivity index (χ0n) is 23.5. The molecule has 2 heterocycles. The van der Waals surface area contributed by atoms with E-state index in [0.29, 0.717) is 38.1 Å². The van der Waals surface area contributed by atoms with Crippen molar-refractivity contribution in [1.82, 2.24) is 20.1 Å². The van der Waals surface area contributed by atoms with Gasteiger partial charge in [-0.25, -0.2) is 4.79 Å². The summed E-state index contributed by atoms with van der Waals surface area (Å²) < 4.78 is 19.5. The summed E-state index contributed by atoms with van der Waals surface area (Å²) in [6.07, 6.45) is -0.457. The van der Waals surface area contributed by atoms with E-state index >= 15 is 0 Å². The van der Waals surface area contributed by atoms with Crippen molar-refractivity contribution in [3.63, 3.8) is 0 Å². The van der Waals surface area contributed by atoms with Gasteiger partial charge >= 0.3 is 6.09 Å². The van der Waals surface area contributed by atoms with E-state index in [2.05, 4.69) is 5.32 Å². The van der Waals surface area contributed by atoms with Crippen molar-refractivity contribution in [3.05, 3.63) is 108 Å². The second-order valence-corrected chi connectivity index (χ2v) is 10.6. The first-order valence-corrected chi connectivity index (χ1v) is 13.6. The molecule has 3 aromatic carbocycles. The highest BCUT2D eigenvalue weighted by atomic mass is 16.6. The van der Waals surface area contributed by atoms with Crippen LogP contribution < -0.4 is 14.8 Å². The van der Waals surface area contributed by atoms with E-state index in [1.807, 2.05) is 123 Å². The Hall–Kier alpha value is -4.85. The molecule has 5 rings (SSSR count). The summed E-state index contributed by atoms with van der Waals surface area (Å²) in [5.41, 5.74) is 3.95. The number of hydrogen-bond donors (Lipinski definition) is 1. The maximum atomic E-state index is 12.1. The Bertz CT molecular complexity index is 1590. The average molecular weight is 551 g/mol. The summed E-state index contributed by atoms with van der Waals surface area (Å²) in [6.45, 7) is 7.08. The molecule has 0 saturated carbocycles. The van der Waals surface area contributed by atoms with E-state index in [0.717, 1.165) is 33.3 Å². The molecule has 0 unspecified atom stereocenters. The fourth-order valence-corrected chi connectivity index (χ4v) is 4.33. The molecule has 0 spiro atoms. The normalized spacial score (nSPS) is 11.3. The topological polar surface area (TPSA) is 87.5 Å². The summed E-state index contributed by atoms with van der Waals surface area (Å²) in [5.74, 6) is 0.896. The van der Waals surface area contributed by atoms with Crippen LogP contribution in [0.1, 0.15) is 31.9 Å². The third kappa shape index (κ3) is 7.42. The fraction of sp³-hybridized carbons (Fsp3) is 0.242. The van der Waals surface area contributed by atoms with E-state index in [4.69, 9.17) is 24.3 Å². The van der Waals surface area contributed by atoms with Crippen LogP contribution in [0.2, 0.25) is 0 Å². The lowest BCUT2D eigenvalue weighted by Crippen LogP contribution is -2.34. The van der Waals surface area contributed by atoms with E-state index in [-0.39, 0.29) is 0 Å². The molecule has 5 aromatic rings. The molecule has 8 nitrogen and oxygen atoms in total. The molecule has 1 N–H and O–H groups in total. The standard InChI is InChI=1S/C33H34N4O4/c1-33(2,3)41-32(38)34-20-21-37-28-17-11-10-16-26(28)30(36-37)27-18-19-29(39-22-24-12-6-4-7-13-24)35-31(27)40-23-25-14-8-5-9-15-25/h4-19H,20-23H2,1-3H3,(H,34,38). The Labute approximate surface area is 239 Å². The van der Waals surface area contributed by atoms with Gasteiger partial charge in [-0.1, -0.05) is 78.9 Å². The Morgan fingerprint density at radius 1 is 0.805 bits per heavy atom. The quantitative estimate of drug-likeness (QED) is 0.206. The summed E-state index contributed by atoms with van der Waals surface area (Å²) in [5, 5.41) is 8.70. The van der Waals surface area contributed by atoms with Crippen LogP contribution in [-0.4, -0.2) is 33.0 Å². The molecule has 0 bridgehead atoms. The van der Waals surface area contributed by atoms with Gasteiger partial charge in [-0.15, -0.1) is 0 Å². The number of pyridine rings is 1. The number of rotatable bonds is 10. The van der Waals surface area contributed by atoms with Crippen molar-refractivity contribution >= 4 is 17.0 Å². The minimum absolute atomic E-state index is 0.349. The number of carbonyl (C=O) groups is 1. The van der Waals surface area contributed by atoms with Crippen LogP contribution in [-0.2, 0) is 24.5 Å². The summed E-state index contributed by atoms with van der Waals surface area (Å²) in [4.78, 5) is 16.9. The average Bonchev–Trinajstić information content (AvgIpc) is 3.33. The molecular formula is C33H34N4O4. The second-order valence-electron chi connectivity index (χ2n) is 10.6. The molecule has 0 saturated heterocycles. The monoisotopic (exact) mass is 550 g/mol. The number of carbonyl (C=O) groups excluding carboxylic acids is 1. The van der Waals surface area contributed by atoms with Crippen molar-refractivity contribution in [2.24, 2.45) is 0 Å². The molecule has 0 radical (unpaired) electrons. The van der Waals surface area contributed by atoms with E-state index < -0.39 is 11.7 Å². The van der Waals surface area contributed by atoms with Gasteiger partial charge in [0.2, 0.25) is 11.8 Å². The number of nitrogens with zero attached hydrogens (tertiary/aromatic N) is 3. The molecule has 2 aromatic heterocycles. The minimum Gasteiger partial charge on any atom is -0.473 e. The Morgan fingerprint density at radius 3 is 2.12 bits per heavy atom. The van der Waals surface area contributed by atoms with Crippen LogP contribution in [0, 0.1) is 0 Å². The fourth-order valence-electron chi connectivity index (χ4n) is 4.33. The van der Waals surface area contributed by atoms with Crippen LogP contribution in [0.25, 0.3) is 22.2 Å². The maximum absolute atomic E-state index is 12.1. The van der Waals surface area contributed by atoms with Crippen LogP contribution in [0.3, 0.4) is 0 Å². The highest BCUT2D eigenvalue weighted by Gasteiger charge is 2.19. The maximum Gasteiger partial charge on any atom is 0.407 e. The largest absolute Gasteiger partial charge is 0.473 e. The summed E-state index contributed by atoms with van der Waals surface area (Å²) in [7, 11) is 0. The summed E-state index contributed by atoms with van der Waals surface area (Å²) >= 11 is 0. The molecule has 8 heteroatoms. The molecule has 0 atom stereocenters. The van der Waals surface area contributed by atoms with E-state index in [1.165, 1.54) is 0 Å². The van der Waals surface area contributed by atoms with Gasteiger partial charge < -0.3 is 19.5 Å². The predicted molar refractivity (Wildman–Crippen MR) is 159 cm³/mol. The van der Waals surface area contributed by atoms with Crippen molar-refractivity contribution in [2.75, 3.05) is 6.54 Å². The number of ether oxygens (including phenoxy) is 3. The number of hydrogen-bond acceptors (Lipinski definition) is 6. The van der Waals surface area contributed by atoms with Gasteiger partial charge in [0.05, 0.1) is 17.6 Å². The highest BCUT2D eigenvalue weighted by molar-refractivity contribution is 5.94. The Balaban J connectivity index is 1.42. The second kappa shape index (κ2) is 12.6. The third-order valence-electron chi connectivity index (χ3n) is 6.19. The van der Waals surface area contributed by atoms with Gasteiger partial charge in [-0.2, -0.15) is 10.1 Å². The first-order valence-electron chi connectivity index (χ1n) is 13.6. The highest BCUT2D eigenvalue weighted by Crippen LogP contribution is 2.35. The van der Waals surface area contributed by atoms with Crippen molar-refractivity contribution in [1.29, 1.82) is 0 Å². The minimum atomic E-state index is -0.560. The van der Waals surface area contributed by atoms with Crippen molar-refractivity contribution < 1.29 is 19.0 Å². The lowest BCUT2D eigenvalue weighted by molar-refractivity contribution is 0.0526. The van der Waals surface area contributed by atoms with Gasteiger partial charge in [-0.05, 0) is 44.0 Å². The van der Waals surface area contributed by atoms with Gasteiger partial charge in [0.25, 0.3) is 0 Å². The third-order valence-corrected chi connectivity index (χ3v) is 6.19. The molecule has 1 amide bonds. The summed E-state index contributed by atoms with van der Waals surface area (Å²) in [6, 6.07) is 31.7. The molecular weight excluding hydrogens is 516 g/mol. The first-order chi connectivity index (χ1) is 19.9. The zero-order valence-corrected chi connectivity index (χ0v) is 23.5. The van der Waals surface area contributed by atoms with Crippen LogP contribution in [0.5, 0.6) is 11.8 Å². The number of aromatic nitrogens is 3. The smallest absolute Gasteiger partial charge is 0.407 e. The van der Waals surface area contributed by atoms with Gasteiger partial charge in [0.1, 0.15) is 24.5 Å². The van der Waals surface area contributed by atoms with Crippen molar-refractivity contribution in [3.8, 4) is 23.0 Å². The van der Waals surface area contributed by atoms with E-state index in [9.17, 15) is 4.79 Å². The van der Waals surface area contributed by atoms with Crippen LogP contribution in [0.15, 0.2) is 97.1 Å². The molecule has 41 heavy (non-hydrogen) atoms. The van der Waals surface area contributed by atoms with E-state index in [1.54, 1.807) is 0 Å². The molecule has 210 valence electrons. The SMILES string of the molecule is CC(C)(C)OC(=O)NCCn1nc(-c2ccc(OCc3ccccc3)nc2OCc2ccccc2)c2ccccc21. The lowest BCUT2D eigenvalue weighted by Gasteiger charge is -2.19. The predicted octanol–water partition coefficient (Wildman–Crippen LogP) is 6.78. The number of nitrogens with one attached hydrogen (secondary N) is 1. The molecule has 0 aliphatic carbocycles. The number of para-hydroxylation sites is 1. The first kappa shape index (κ1) is 27.7. The van der Waals surface area contributed by atoms with Gasteiger partial charge in [0.15, 0.2) is 0 Å². The Morgan fingerprint density at radius 2 is 1.44 bits per heavy atom. The van der Waals surface area contributed by atoms with Crippen LogP contribution in [0.4, 0.5) is 4.79 Å². The number of alkyl carbamates (subject to hydrolysis) is 1. The number of benzene rings is 3. The molecule has 0 aliphatic rings. The molecule has 0 aliphatic heterocycles. The van der Waals surface area contributed by atoms with Gasteiger partial charge in [0, 0.05) is 18.0 Å².